The summed E-state index contributed by atoms with van der Waals surface area (Å²) in [7, 11) is -4.20. The minimum atomic E-state index is -4.20. The second-order valence-electron chi connectivity index (χ2n) is 8.08. The smallest absolute Gasteiger partial charge is 0.281 e. The van der Waals surface area contributed by atoms with Crippen LogP contribution in [-0.4, -0.2) is 42.7 Å². The summed E-state index contributed by atoms with van der Waals surface area (Å²) in [5.74, 6) is 0.471. The second-order valence-corrected chi connectivity index (χ2v) is 10.1. The highest BCUT2D eigenvalue weighted by molar-refractivity contribution is 7.90. The predicted octanol–water partition coefficient (Wildman–Crippen LogP) is 2.82. The number of nitrogens with zero attached hydrogens (tertiary/aromatic N) is 1. The Hall–Kier alpha value is -2.36. The highest BCUT2D eigenvalue weighted by Gasteiger charge is 2.54. The number of amides is 1. The molecule has 3 N–H and O–H groups in total. The van der Waals surface area contributed by atoms with Gasteiger partial charge in [-0.3, -0.25) is 4.79 Å². The summed E-state index contributed by atoms with van der Waals surface area (Å²) >= 11 is 6.11. The molecule has 2 aliphatic carbocycles. The number of benzene rings is 1. The molecular weight excluding hydrogens is 442 g/mol. The summed E-state index contributed by atoms with van der Waals surface area (Å²) in [6, 6.07) is 9.74. The molecule has 1 aromatic heterocycles. The van der Waals surface area contributed by atoms with Gasteiger partial charge in [0.2, 0.25) is 0 Å². The van der Waals surface area contributed by atoms with Crippen LogP contribution in [0.4, 0.5) is 5.82 Å². The number of anilines is 1. The van der Waals surface area contributed by atoms with Crippen molar-refractivity contribution >= 4 is 33.3 Å². The molecule has 31 heavy (non-hydrogen) atoms. The van der Waals surface area contributed by atoms with E-state index in [9.17, 15) is 18.3 Å². The van der Waals surface area contributed by atoms with Crippen molar-refractivity contribution in [3.05, 3.63) is 47.0 Å². The molecule has 4 rings (SSSR count). The maximum atomic E-state index is 12.9. The Morgan fingerprint density at radius 2 is 2.06 bits per heavy atom. The van der Waals surface area contributed by atoms with Crippen LogP contribution in [0.3, 0.4) is 0 Å². The number of hydrogen-bond acceptors (Lipinski definition) is 7. The molecule has 0 unspecified atom stereocenters. The van der Waals surface area contributed by atoms with Gasteiger partial charge >= 0.3 is 0 Å². The molecule has 2 aliphatic rings. The van der Waals surface area contributed by atoms with Gasteiger partial charge in [-0.2, -0.15) is 8.42 Å². The third-order valence-electron chi connectivity index (χ3n) is 5.22. The van der Waals surface area contributed by atoms with Crippen molar-refractivity contribution in [3.8, 4) is 5.75 Å². The van der Waals surface area contributed by atoms with Gasteiger partial charge < -0.3 is 15.2 Å². The van der Waals surface area contributed by atoms with Crippen LogP contribution < -0.4 is 14.8 Å². The highest BCUT2D eigenvalue weighted by atomic mass is 35.5. The van der Waals surface area contributed by atoms with Crippen molar-refractivity contribution in [2.45, 2.75) is 55.3 Å². The van der Waals surface area contributed by atoms with E-state index in [1.165, 1.54) is 12.1 Å². The van der Waals surface area contributed by atoms with Gasteiger partial charge in [0.25, 0.3) is 15.9 Å². The van der Waals surface area contributed by atoms with Gasteiger partial charge in [-0.05, 0) is 55.5 Å². The van der Waals surface area contributed by atoms with E-state index in [1.807, 2.05) is 6.07 Å². The fraction of sp³-hybridized carbons (Fsp3) is 0.429. The van der Waals surface area contributed by atoms with E-state index >= 15 is 0 Å². The van der Waals surface area contributed by atoms with Crippen molar-refractivity contribution in [3.63, 3.8) is 0 Å². The van der Waals surface area contributed by atoms with Crippen LogP contribution in [0.5, 0.6) is 5.75 Å². The Morgan fingerprint density at radius 1 is 1.32 bits per heavy atom. The lowest BCUT2D eigenvalue weighted by atomic mass is 10.1. The number of rotatable bonds is 9. The van der Waals surface area contributed by atoms with E-state index in [0.717, 1.165) is 18.4 Å². The van der Waals surface area contributed by atoms with Gasteiger partial charge in [0.15, 0.2) is 10.6 Å². The summed E-state index contributed by atoms with van der Waals surface area (Å²) in [6.07, 6.45) is 2.30. The van der Waals surface area contributed by atoms with Gasteiger partial charge in [-0.1, -0.05) is 23.7 Å². The number of carbonyl (C=O) groups excluding carboxylic acids is 1. The molecule has 166 valence electrons. The number of ether oxygens (including phenoxy) is 1. The topological polar surface area (TPSA) is 118 Å². The Labute approximate surface area is 186 Å². The standard InChI is InChI=1S/C21H24ClN3O5S/c1-13(26)12-23-18-3-2-4-19(24-18)31(28,29)25-20(27)21(9-10-21)30-17-11-15(22)7-8-16(17)14-5-6-14/h2-4,7-8,11,13-14,26H,5-6,9-10,12H2,1H3,(H,23,24)(H,25,27)/t13-/m0/s1. The quantitative estimate of drug-likeness (QED) is 0.521. The molecule has 0 radical (unpaired) electrons. The molecule has 0 spiro atoms. The Morgan fingerprint density at radius 3 is 2.71 bits per heavy atom. The fourth-order valence-corrected chi connectivity index (χ4v) is 4.38. The number of aliphatic hydroxyl groups excluding tert-OH is 1. The van der Waals surface area contributed by atoms with Crippen LogP contribution in [0.2, 0.25) is 5.02 Å². The molecule has 0 saturated heterocycles. The number of nitrogens with one attached hydrogen (secondary N) is 2. The fourth-order valence-electron chi connectivity index (χ4n) is 3.21. The maximum Gasteiger partial charge on any atom is 0.281 e. The van der Waals surface area contributed by atoms with Crippen molar-refractivity contribution in [1.82, 2.24) is 9.71 Å². The first-order valence-corrected chi connectivity index (χ1v) is 12.0. The highest BCUT2D eigenvalue weighted by Crippen LogP contribution is 2.48. The lowest BCUT2D eigenvalue weighted by Gasteiger charge is -2.20. The minimum absolute atomic E-state index is 0.211. The summed E-state index contributed by atoms with van der Waals surface area (Å²) in [4.78, 5) is 16.9. The molecule has 0 aliphatic heterocycles. The number of pyridine rings is 1. The zero-order valence-electron chi connectivity index (χ0n) is 17.0. The number of halogens is 1. The number of carbonyl (C=O) groups is 1. The van der Waals surface area contributed by atoms with Crippen molar-refractivity contribution in [2.24, 2.45) is 0 Å². The van der Waals surface area contributed by atoms with Crippen LogP contribution in [0.25, 0.3) is 0 Å². The molecular formula is C21H24ClN3O5S. The molecule has 1 aromatic carbocycles. The maximum absolute atomic E-state index is 12.9. The minimum Gasteiger partial charge on any atom is -0.477 e. The summed E-state index contributed by atoms with van der Waals surface area (Å²) in [5, 5.41) is 12.4. The van der Waals surface area contributed by atoms with E-state index in [4.69, 9.17) is 16.3 Å². The molecule has 2 fully saturated rings. The molecule has 1 heterocycles. The molecule has 0 bridgehead atoms. The molecule has 2 aromatic rings. The van der Waals surface area contributed by atoms with E-state index in [2.05, 4.69) is 15.0 Å². The Balaban J connectivity index is 1.49. The second kappa shape index (κ2) is 8.29. The Bertz CT molecular complexity index is 1100. The largest absolute Gasteiger partial charge is 0.477 e. The third-order valence-corrected chi connectivity index (χ3v) is 6.69. The average Bonchev–Trinajstić information content (AvgIpc) is 3.62. The predicted molar refractivity (Wildman–Crippen MR) is 116 cm³/mol. The average molecular weight is 466 g/mol. The van der Waals surface area contributed by atoms with Crippen molar-refractivity contribution < 1.29 is 23.1 Å². The zero-order chi connectivity index (χ0) is 22.2. The van der Waals surface area contributed by atoms with Gasteiger partial charge in [-0.25, -0.2) is 9.71 Å². The summed E-state index contributed by atoms with van der Waals surface area (Å²) < 4.78 is 33.6. The number of aliphatic hydroxyl groups is 1. The van der Waals surface area contributed by atoms with E-state index < -0.39 is 27.6 Å². The molecule has 1 amide bonds. The van der Waals surface area contributed by atoms with E-state index in [1.54, 1.807) is 25.1 Å². The van der Waals surface area contributed by atoms with Gasteiger partial charge in [0.05, 0.1) is 6.10 Å². The molecule has 8 nitrogen and oxygen atoms in total. The first-order valence-electron chi connectivity index (χ1n) is 10.1. The van der Waals surface area contributed by atoms with E-state index in [0.29, 0.717) is 29.5 Å². The summed E-state index contributed by atoms with van der Waals surface area (Å²) in [6.45, 7) is 1.81. The van der Waals surface area contributed by atoms with Gasteiger partial charge in [0.1, 0.15) is 11.6 Å². The van der Waals surface area contributed by atoms with E-state index in [-0.39, 0.29) is 17.4 Å². The monoisotopic (exact) mass is 465 g/mol. The lowest BCUT2D eigenvalue weighted by Crippen LogP contribution is -2.43. The first kappa shape index (κ1) is 21.9. The van der Waals surface area contributed by atoms with Crippen LogP contribution in [0.15, 0.2) is 41.4 Å². The summed E-state index contributed by atoms with van der Waals surface area (Å²) in [5.41, 5.74) is -0.242. The van der Waals surface area contributed by atoms with Crippen LogP contribution in [-0.2, 0) is 14.8 Å². The van der Waals surface area contributed by atoms with Crippen molar-refractivity contribution in [2.75, 3.05) is 11.9 Å². The zero-order valence-corrected chi connectivity index (χ0v) is 18.5. The molecule has 2 saturated carbocycles. The third kappa shape index (κ3) is 5.11. The SMILES string of the molecule is C[C@H](O)CNc1cccc(S(=O)(=O)NC(=O)C2(Oc3cc(Cl)ccc3C3CC3)CC2)n1. The van der Waals surface area contributed by atoms with Gasteiger partial charge in [0, 0.05) is 24.4 Å². The molecule has 10 heteroatoms. The number of hydrogen-bond donors (Lipinski definition) is 3. The molecule has 1 atom stereocenters. The lowest BCUT2D eigenvalue weighted by molar-refractivity contribution is -0.127. The van der Waals surface area contributed by atoms with Crippen LogP contribution in [0.1, 0.15) is 44.1 Å². The number of sulfonamides is 1. The first-order chi connectivity index (χ1) is 14.7. The van der Waals surface area contributed by atoms with Crippen LogP contribution >= 0.6 is 11.6 Å². The van der Waals surface area contributed by atoms with Crippen molar-refractivity contribution in [1.29, 1.82) is 0 Å². The normalized spacial score (nSPS) is 18.2. The van der Waals surface area contributed by atoms with Crippen LogP contribution in [0, 0.1) is 0 Å². The van der Waals surface area contributed by atoms with Gasteiger partial charge in [-0.15, -0.1) is 0 Å². The Kier molecular flexibility index (Phi) is 5.85. The number of aromatic nitrogens is 1.